The van der Waals surface area contributed by atoms with Gasteiger partial charge in [-0.2, -0.15) is 0 Å². The van der Waals surface area contributed by atoms with Gasteiger partial charge in [0.25, 0.3) is 0 Å². The van der Waals surface area contributed by atoms with Crippen LogP contribution in [0, 0.1) is 0 Å². The number of hydrogen-bond acceptors (Lipinski definition) is 3. The van der Waals surface area contributed by atoms with Gasteiger partial charge in [0.2, 0.25) is 12.3 Å². The lowest BCUT2D eigenvalue weighted by atomic mass is 10.2. The summed E-state index contributed by atoms with van der Waals surface area (Å²) in [5.74, 6) is 0.0932. The molecular formula is C13H26N2O3. The van der Waals surface area contributed by atoms with Crippen LogP contribution in [0.5, 0.6) is 0 Å². The van der Waals surface area contributed by atoms with Crippen molar-refractivity contribution in [3.8, 4) is 0 Å². The van der Waals surface area contributed by atoms with Gasteiger partial charge in [0.05, 0.1) is 5.60 Å². The van der Waals surface area contributed by atoms with Crippen LogP contribution in [0.15, 0.2) is 0 Å². The summed E-state index contributed by atoms with van der Waals surface area (Å²) in [6, 6.07) is 0. The fourth-order valence-corrected chi connectivity index (χ4v) is 1.49. The fraction of sp³-hybridized carbons (Fsp3) is 0.846. The van der Waals surface area contributed by atoms with Gasteiger partial charge in [0.1, 0.15) is 0 Å². The van der Waals surface area contributed by atoms with Crippen LogP contribution in [0.25, 0.3) is 0 Å². The molecule has 0 atom stereocenters. The van der Waals surface area contributed by atoms with Crippen molar-refractivity contribution in [2.75, 3.05) is 13.1 Å². The van der Waals surface area contributed by atoms with E-state index in [4.69, 9.17) is 4.84 Å². The lowest BCUT2D eigenvalue weighted by Gasteiger charge is -2.26. The number of carbonyl (C=O) groups is 2. The number of rotatable bonds is 9. The van der Waals surface area contributed by atoms with Gasteiger partial charge in [-0.1, -0.05) is 6.42 Å². The monoisotopic (exact) mass is 258 g/mol. The van der Waals surface area contributed by atoms with E-state index in [1.54, 1.807) is 0 Å². The third-order valence-electron chi connectivity index (χ3n) is 2.16. The van der Waals surface area contributed by atoms with Crippen molar-refractivity contribution in [1.29, 1.82) is 0 Å². The molecule has 1 N–H and O–H groups in total. The van der Waals surface area contributed by atoms with E-state index in [1.165, 1.54) is 5.06 Å². The SMILES string of the molecule is CCNC(=O)CCCCCN(C=O)OC(C)(C)C. The summed E-state index contributed by atoms with van der Waals surface area (Å²) >= 11 is 0. The number of unbranched alkanes of at least 4 members (excludes halogenated alkanes) is 2. The van der Waals surface area contributed by atoms with Crippen molar-refractivity contribution >= 4 is 12.3 Å². The Hall–Kier alpha value is -1.10. The summed E-state index contributed by atoms with van der Waals surface area (Å²) in [5.41, 5.74) is -0.359. The van der Waals surface area contributed by atoms with Crippen molar-refractivity contribution in [3.05, 3.63) is 0 Å². The third-order valence-corrected chi connectivity index (χ3v) is 2.16. The minimum absolute atomic E-state index is 0.0932. The van der Waals surface area contributed by atoms with Crippen molar-refractivity contribution < 1.29 is 14.4 Å². The van der Waals surface area contributed by atoms with Gasteiger partial charge < -0.3 is 5.32 Å². The molecule has 0 bridgehead atoms. The molecule has 0 aliphatic heterocycles. The first-order valence-electron chi connectivity index (χ1n) is 6.57. The maximum absolute atomic E-state index is 11.2. The molecule has 0 aromatic heterocycles. The first-order valence-corrected chi connectivity index (χ1v) is 6.57. The number of hydrogen-bond donors (Lipinski definition) is 1. The van der Waals surface area contributed by atoms with E-state index >= 15 is 0 Å². The second-order valence-corrected chi connectivity index (χ2v) is 5.21. The lowest BCUT2D eigenvalue weighted by molar-refractivity contribution is -0.216. The highest BCUT2D eigenvalue weighted by molar-refractivity contribution is 5.75. The number of nitrogens with zero attached hydrogens (tertiary/aromatic N) is 1. The Bertz CT molecular complexity index is 249. The summed E-state index contributed by atoms with van der Waals surface area (Å²) in [4.78, 5) is 27.4. The van der Waals surface area contributed by atoms with Crippen LogP contribution >= 0.6 is 0 Å². The Balaban J connectivity index is 3.63. The van der Waals surface area contributed by atoms with Gasteiger partial charge >= 0.3 is 0 Å². The summed E-state index contributed by atoms with van der Waals surface area (Å²) in [6.07, 6.45) is 3.85. The minimum atomic E-state index is -0.359. The van der Waals surface area contributed by atoms with Crippen LogP contribution in [0.4, 0.5) is 0 Å². The van der Waals surface area contributed by atoms with Gasteiger partial charge in [-0.05, 0) is 40.5 Å². The van der Waals surface area contributed by atoms with Crippen molar-refractivity contribution in [1.82, 2.24) is 10.4 Å². The molecule has 0 fully saturated rings. The maximum Gasteiger partial charge on any atom is 0.233 e. The molecule has 2 amide bonds. The van der Waals surface area contributed by atoms with Gasteiger partial charge in [-0.3, -0.25) is 14.4 Å². The predicted octanol–water partition coefficient (Wildman–Crippen LogP) is 1.87. The van der Waals surface area contributed by atoms with Gasteiger partial charge in [-0.25, -0.2) is 5.06 Å². The van der Waals surface area contributed by atoms with E-state index in [-0.39, 0.29) is 11.5 Å². The Morgan fingerprint density at radius 3 is 2.44 bits per heavy atom. The van der Waals surface area contributed by atoms with Crippen molar-refractivity contribution in [2.24, 2.45) is 0 Å². The molecule has 0 aliphatic carbocycles. The van der Waals surface area contributed by atoms with E-state index in [9.17, 15) is 9.59 Å². The minimum Gasteiger partial charge on any atom is -0.356 e. The summed E-state index contributed by atoms with van der Waals surface area (Å²) in [5, 5.41) is 4.08. The molecular weight excluding hydrogens is 232 g/mol. The quantitative estimate of drug-likeness (QED) is 0.390. The van der Waals surface area contributed by atoms with Crippen LogP contribution < -0.4 is 5.32 Å². The summed E-state index contributed by atoms with van der Waals surface area (Å²) in [6.45, 7) is 8.85. The van der Waals surface area contributed by atoms with E-state index in [0.717, 1.165) is 19.3 Å². The van der Waals surface area contributed by atoms with Gasteiger partial charge in [0, 0.05) is 19.5 Å². The smallest absolute Gasteiger partial charge is 0.233 e. The van der Waals surface area contributed by atoms with E-state index in [1.807, 2.05) is 27.7 Å². The number of carbonyl (C=O) groups excluding carboxylic acids is 2. The summed E-state index contributed by atoms with van der Waals surface area (Å²) < 4.78 is 0. The normalized spacial score (nSPS) is 11.1. The molecule has 0 spiro atoms. The van der Waals surface area contributed by atoms with E-state index in [2.05, 4.69) is 5.32 Å². The lowest BCUT2D eigenvalue weighted by Crippen LogP contribution is -2.33. The zero-order valence-electron chi connectivity index (χ0n) is 12.0. The number of amides is 2. The fourth-order valence-electron chi connectivity index (χ4n) is 1.49. The second-order valence-electron chi connectivity index (χ2n) is 5.21. The Labute approximate surface area is 110 Å². The second kappa shape index (κ2) is 8.91. The van der Waals surface area contributed by atoms with Crippen LogP contribution in [0.3, 0.4) is 0 Å². The molecule has 0 aliphatic rings. The zero-order chi connectivity index (χ0) is 14.0. The average Bonchev–Trinajstić information content (AvgIpc) is 2.25. The highest BCUT2D eigenvalue weighted by atomic mass is 16.7. The highest BCUT2D eigenvalue weighted by Crippen LogP contribution is 2.10. The molecule has 5 heteroatoms. The van der Waals surface area contributed by atoms with E-state index in [0.29, 0.717) is 25.9 Å². The standard InChI is InChI=1S/C13H26N2O3/c1-5-14-12(17)9-7-6-8-10-15(11-16)18-13(2,3)4/h11H,5-10H2,1-4H3,(H,14,17). The van der Waals surface area contributed by atoms with Gasteiger partial charge in [-0.15, -0.1) is 0 Å². The summed E-state index contributed by atoms with van der Waals surface area (Å²) in [7, 11) is 0. The molecule has 0 saturated carbocycles. The average molecular weight is 258 g/mol. The molecule has 0 aromatic carbocycles. The third kappa shape index (κ3) is 10.1. The Morgan fingerprint density at radius 1 is 1.28 bits per heavy atom. The predicted molar refractivity (Wildman–Crippen MR) is 70.8 cm³/mol. The molecule has 0 saturated heterocycles. The molecule has 0 rings (SSSR count). The maximum atomic E-state index is 11.2. The topological polar surface area (TPSA) is 58.6 Å². The largest absolute Gasteiger partial charge is 0.356 e. The first-order chi connectivity index (χ1) is 8.39. The van der Waals surface area contributed by atoms with Crippen molar-refractivity contribution in [3.63, 3.8) is 0 Å². The number of nitrogens with one attached hydrogen (secondary N) is 1. The molecule has 0 radical (unpaired) electrons. The first kappa shape index (κ1) is 16.9. The van der Waals surface area contributed by atoms with Crippen LogP contribution in [0.1, 0.15) is 53.4 Å². The van der Waals surface area contributed by atoms with Gasteiger partial charge in [0.15, 0.2) is 0 Å². The van der Waals surface area contributed by atoms with Crippen LogP contribution in [-0.2, 0) is 14.4 Å². The van der Waals surface area contributed by atoms with Crippen LogP contribution in [0.2, 0.25) is 0 Å². The molecule has 0 aromatic rings. The Morgan fingerprint density at radius 2 is 1.94 bits per heavy atom. The molecule has 0 unspecified atom stereocenters. The van der Waals surface area contributed by atoms with E-state index < -0.39 is 0 Å². The highest BCUT2D eigenvalue weighted by Gasteiger charge is 2.15. The molecule has 5 nitrogen and oxygen atoms in total. The molecule has 0 heterocycles. The van der Waals surface area contributed by atoms with Crippen LogP contribution in [-0.4, -0.2) is 36.1 Å². The zero-order valence-corrected chi connectivity index (χ0v) is 12.0. The molecule has 18 heavy (non-hydrogen) atoms. The number of hydroxylamine groups is 2. The van der Waals surface area contributed by atoms with Crippen molar-refractivity contribution in [2.45, 2.75) is 59.0 Å². The molecule has 106 valence electrons. The Kier molecular flexibility index (Phi) is 8.37.